The van der Waals surface area contributed by atoms with Gasteiger partial charge in [-0.25, -0.2) is 4.68 Å². The summed E-state index contributed by atoms with van der Waals surface area (Å²) in [4.78, 5) is 13.4. The van der Waals surface area contributed by atoms with E-state index in [9.17, 15) is 4.79 Å². The van der Waals surface area contributed by atoms with Crippen LogP contribution < -0.4 is 10.6 Å². The van der Waals surface area contributed by atoms with Gasteiger partial charge in [-0.3, -0.25) is 4.79 Å². The molecule has 0 radical (unpaired) electrons. The molecule has 1 saturated heterocycles. The highest BCUT2D eigenvalue weighted by Crippen LogP contribution is 2.26. The molecule has 140 valence electrons. The third kappa shape index (κ3) is 4.17. The number of carbonyl (C=O) groups is 1. The van der Waals surface area contributed by atoms with Crippen LogP contribution >= 0.6 is 11.8 Å². The van der Waals surface area contributed by atoms with Gasteiger partial charge in [-0.15, -0.1) is 15.3 Å². The first-order valence-electron chi connectivity index (χ1n) is 8.75. The van der Waals surface area contributed by atoms with Crippen LogP contribution in [0, 0.1) is 0 Å². The van der Waals surface area contributed by atoms with Crippen molar-refractivity contribution in [2.45, 2.75) is 28.9 Å². The summed E-state index contributed by atoms with van der Waals surface area (Å²) in [5.74, 6) is -0.260. The molecule has 0 bridgehead atoms. The number of hydrogen-bond acceptors (Lipinski definition) is 7. The number of anilines is 1. The smallest absolute Gasteiger partial charge is 0.277 e. The van der Waals surface area contributed by atoms with Gasteiger partial charge in [0.1, 0.15) is 6.33 Å². The van der Waals surface area contributed by atoms with Gasteiger partial charge in [0.15, 0.2) is 10.9 Å². The van der Waals surface area contributed by atoms with Gasteiger partial charge >= 0.3 is 0 Å². The summed E-state index contributed by atoms with van der Waals surface area (Å²) in [7, 11) is 1.90. The van der Waals surface area contributed by atoms with Gasteiger partial charge in [0.25, 0.3) is 5.91 Å². The normalized spacial score (nSPS) is 15.0. The van der Waals surface area contributed by atoms with Crippen LogP contribution in [0.2, 0.25) is 0 Å². The van der Waals surface area contributed by atoms with Gasteiger partial charge in [-0.1, -0.05) is 5.21 Å². The molecule has 9 nitrogen and oxygen atoms in total. The second kappa shape index (κ2) is 7.89. The van der Waals surface area contributed by atoms with Crippen LogP contribution in [0.5, 0.6) is 0 Å². The summed E-state index contributed by atoms with van der Waals surface area (Å²) in [6, 6.07) is 7.88. The Labute approximate surface area is 160 Å². The molecule has 1 aromatic carbocycles. The standard InChI is InChI=1S/C17H20N8OS/c1-24-11-19-22-17(24)27-14-4-2-12(3-5-14)20-16(26)15-10-25(23-21-15)13-6-8-18-9-7-13/h2-5,10-11,13,18H,6-9H2,1H3,(H,20,26). The molecule has 3 aromatic rings. The molecule has 2 N–H and O–H groups in total. The molecular formula is C17H20N8OS. The third-order valence-electron chi connectivity index (χ3n) is 4.42. The maximum Gasteiger partial charge on any atom is 0.277 e. The number of nitrogens with one attached hydrogen (secondary N) is 2. The molecule has 1 aliphatic rings. The number of amides is 1. The van der Waals surface area contributed by atoms with E-state index < -0.39 is 0 Å². The van der Waals surface area contributed by atoms with Crippen molar-refractivity contribution in [3.05, 3.63) is 42.5 Å². The van der Waals surface area contributed by atoms with Crippen LogP contribution in [0.3, 0.4) is 0 Å². The molecule has 0 atom stereocenters. The maximum atomic E-state index is 12.4. The summed E-state index contributed by atoms with van der Waals surface area (Å²) in [6.45, 7) is 1.93. The minimum Gasteiger partial charge on any atom is -0.321 e. The number of nitrogens with zero attached hydrogens (tertiary/aromatic N) is 6. The SMILES string of the molecule is Cn1cnnc1Sc1ccc(NC(=O)c2cn(C3CCNCC3)nn2)cc1. The van der Waals surface area contributed by atoms with Crippen LogP contribution in [0.4, 0.5) is 5.69 Å². The summed E-state index contributed by atoms with van der Waals surface area (Å²) in [5.41, 5.74) is 1.03. The molecule has 10 heteroatoms. The second-order valence-electron chi connectivity index (χ2n) is 6.37. The van der Waals surface area contributed by atoms with Crippen LogP contribution in [-0.2, 0) is 7.05 Å². The van der Waals surface area contributed by atoms with Crippen molar-refractivity contribution >= 4 is 23.4 Å². The number of aryl methyl sites for hydroxylation is 1. The zero-order chi connectivity index (χ0) is 18.6. The number of piperidine rings is 1. The van der Waals surface area contributed by atoms with Gasteiger partial charge in [0.05, 0.1) is 12.2 Å². The van der Waals surface area contributed by atoms with Crippen LogP contribution in [0.15, 0.2) is 46.8 Å². The quantitative estimate of drug-likeness (QED) is 0.691. The molecule has 1 aliphatic heterocycles. The lowest BCUT2D eigenvalue weighted by molar-refractivity contribution is 0.102. The lowest BCUT2D eigenvalue weighted by Gasteiger charge is -2.22. The number of hydrogen-bond donors (Lipinski definition) is 2. The fraction of sp³-hybridized carbons (Fsp3) is 0.353. The first-order valence-corrected chi connectivity index (χ1v) is 9.56. The second-order valence-corrected chi connectivity index (χ2v) is 7.41. The van der Waals surface area contributed by atoms with E-state index in [-0.39, 0.29) is 5.91 Å². The van der Waals surface area contributed by atoms with Crippen LogP contribution in [0.25, 0.3) is 0 Å². The minimum atomic E-state index is -0.260. The molecule has 1 fully saturated rings. The Morgan fingerprint density at radius 1 is 1.22 bits per heavy atom. The minimum absolute atomic E-state index is 0.260. The fourth-order valence-corrected chi connectivity index (χ4v) is 3.66. The summed E-state index contributed by atoms with van der Waals surface area (Å²) >= 11 is 1.51. The number of carbonyl (C=O) groups excluding carboxylic acids is 1. The summed E-state index contributed by atoms with van der Waals surface area (Å²) < 4.78 is 3.66. The topological polar surface area (TPSA) is 103 Å². The van der Waals surface area contributed by atoms with Gasteiger partial charge in [0, 0.05) is 17.6 Å². The van der Waals surface area contributed by atoms with Crippen molar-refractivity contribution in [3.8, 4) is 0 Å². The molecule has 1 amide bonds. The Bertz CT molecular complexity index is 913. The molecule has 0 spiro atoms. The predicted octanol–water partition coefficient (Wildman–Crippen LogP) is 1.73. The van der Waals surface area contributed by atoms with Crippen LogP contribution in [-0.4, -0.2) is 48.8 Å². The van der Waals surface area contributed by atoms with Gasteiger partial charge in [0.2, 0.25) is 0 Å². The molecule has 0 saturated carbocycles. The van der Waals surface area contributed by atoms with Crippen molar-refractivity contribution in [2.24, 2.45) is 7.05 Å². The highest BCUT2D eigenvalue weighted by atomic mass is 32.2. The van der Waals surface area contributed by atoms with Gasteiger partial charge < -0.3 is 15.2 Å². The van der Waals surface area contributed by atoms with Crippen molar-refractivity contribution in [2.75, 3.05) is 18.4 Å². The lowest BCUT2D eigenvalue weighted by atomic mass is 10.1. The van der Waals surface area contributed by atoms with Crippen molar-refractivity contribution in [3.63, 3.8) is 0 Å². The summed E-state index contributed by atoms with van der Waals surface area (Å²) in [5, 5.41) is 23.0. The van der Waals surface area contributed by atoms with E-state index in [0.717, 1.165) is 36.0 Å². The van der Waals surface area contributed by atoms with E-state index in [0.29, 0.717) is 17.4 Å². The highest BCUT2D eigenvalue weighted by Gasteiger charge is 2.18. The third-order valence-corrected chi connectivity index (χ3v) is 5.48. The average molecular weight is 384 g/mol. The van der Waals surface area contributed by atoms with Crippen molar-refractivity contribution in [1.29, 1.82) is 0 Å². The van der Waals surface area contributed by atoms with Gasteiger partial charge in [-0.2, -0.15) is 0 Å². The maximum absolute atomic E-state index is 12.4. The molecular weight excluding hydrogens is 364 g/mol. The summed E-state index contributed by atoms with van der Waals surface area (Å²) in [6.07, 6.45) is 5.38. The Kier molecular flexibility index (Phi) is 5.16. The molecule has 4 rings (SSSR count). The molecule has 27 heavy (non-hydrogen) atoms. The fourth-order valence-electron chi connectivity index (χ4n) is 2.90. The zero-order valence-corrected chi connectivity index (χ0v) is 15.7. The number of rotatable bonds is 5. The van der Waals surface area contributed by atoms with E-state index in [4.69, 9.17) is 0 Å². The van der Waals surface area contributed by atoms with E-state index in [1.807, 2.05) is 35.9 Å². The van der Waals surface area contributed by atoms with Crippen molar-refractivity contribution in [1.82, 2.24) is 35.1 Å². The first-order chi connectivity index (χ1) is 13.2. The van der Waals surface area contributed by atoms with Crippen LogP contribution in [0.1, 0.15) is 29.4 Å². The molecule has 2 aromatic heterocycles. The Morgan fingerprint density at radius 3 is 2.70 bits per heavy atom. The highest BCUT2D eigenvalue weighted by molar-refractivity contribution is 7.99. The molecule has 0 aliphatic carbocycles. The van der Waals surface area contributed by atoms with E-state index in [1.165, 1.54) is 11.8 Å². The van der Waals surface area contributed by atoms with Gasteiger partial charge in [-0.05, 0) is 62.0 Å². The Balaban J connectivity index is 1.38. The largest absolute Gasteiger partial charge is 0.321 e. The lowest BCUT2D eigenvalue weighted by Crippen LogP contribution is -2.29. The Hall–Kier alpha value is -2.72. The van der Waals surface area contributed by atoms with Crippen molar-refractivity contribution < 1.29 is 4.79 Å². The predicted molar refractivity (Wildman–Crippen MR) is 101 cm³/mol. The average Bonchev–Trinajstić information content (AvgIpc) is 3.34. The molecule has 0 unspecified atom stereocenters. The monoisotopic (exact) mass is 384 g/mol. The van der Waals surface area contributed by atoms with E-state index in [2.05, 4.69) is 31.1 Å². The Morgan fingerprint density at radius 2 is 2.00 bits per heavy atom. The number of aromatic nitrogens is 6. The number of benzene rings is 1. The molecule has 3 heterocycles. The first kappa shape index (κ1) is 17.7. The van der Waals surface area contributed by atoms with E-state index in [1.54, 1.807) is 17.2 Å². The zero-order valence-electron chi connectivity index (χ0n) is 14.9. The van der Waals surface area contributed by atoms with E-state index >= 15 is 0 Å².